The topological polar surface area (TPSA) is 55.6 Å². The fraction of sp³-hybridized carbons (Fsp3) is 0.650. The zero-order valence-electron chi connectivity index (χ0n) is 14.7. The van der Waals surface area contributed by atoms with Crippen molar-refractivity contribution >= 4 is 5.91 Å². The number of piperidine rings is 1. The maximum absolute atomic E-state index is 12.5. The van der Waals surface area contributed by atoms with E-state index in [4.69, 9.17) is 10.5 Å². The van der Waals surface area contributed by atoms with Crippen LogP contribution in [0.1, 0.15) is 57.4 Å². The molecule has 1 aromatic carbocycles. The van der Waals surface area contributed by atoms with Crippen LogP contribution < -0.4 is 10.5 Å². The highest BCUT2D eigenvalue weighted by atomic mass is 16.5. The third kappa shape index (κ3) is 4.50. The van der Waals surface area contributed by atoms with E-state index < -0.39 is 0 Å². The molecule has 2 N–H and O–H groups in total. The Bertz CT molecular complexity index is 554. The van der Waals surface area contributed by atoms with Crippen molar-refractivity contribution < 1.29 is 9.53 Å². The summed E-state index contributed by atoms with van der Waals surface area (Å²) in [5, 5.41) is 0. The number of amides is 1. The molecule has 0 aromatic heterocycles. The second-order valence-electron chi connectivity index (χ2n) is 7.39. The van der Waals surface area contributed by atoms with E-state index in [1.807, 2.05) is 17.0 Å². The van der Waals surface area contributed by atoms with Gasteiger partial charge in [0.1, 0.15) is 5.75 Å². The van der Waals surface area contributed by atoms with Gasteiger partial charge in [0.15, 0.2) is 0 Å². The highest BCUT2D eigenvalue weighted by molar-refractivity contribution is 5.77. The number of nitrogens with zero attached hydrogens (tertiary/aromatic N) is 1. The molecule has 1 saturated heterocycles. The van der Waals surface area contributed by atoms with E-state index in [9.17, 15) is 4.79 Å². The highest BCUT2D eigenvalue weighted by Gasteiger charge is 2.26. The van der Waals surface area contributed by atoms with E-state index >= 15 is 0 Å². The van der Waals surface area contributed by atoms with Gasteiger partial charge in [-0.2, -0.15) is 0 Å². The molecule has 1 aromatic rings. The summed E-state index contributed by atoms with van der Waals surface area (Å²) in [6.07, 6.45) is 8.42. The Balaban J connectivity index is 1.51. The number of carbonyl (C=O) groups is 1. The van der Waals surface area contributed by atoms with Crippen LogP contribution in [0.15, 0.2) is 24.3 Å². The van der Waals surface area contributed by atoms with E-state index in [0.717, 1.165) is 44.4 Å². The number of carbonyl (C=O) groups excluding carboxylic acids is 1. The minimum atomic E-state index is 0.244. The van der Waals surface area contributed by atoms with Crippen LogP contribution in [0.5, 0.6) is 5.75 Å². The van der Waals surface area contributed by atoms with E-state index in [2.05, 4.69) is 19.1 Å². The zero-order valence-corrected chi connectivity index (χ0v) is 14.7. The molecule has 2 atom stereocenters. The molecule has 1 saturated carbocycles. The van der Waals surface area contributed by atoms with E-state index in [1.165, 1.54) is 18.4 Å². The van der Waals surface area contributed by atoms with E-state index in [1.54, 1.807) is 0 Å². The lowest BCUT2D eigenvalue weighted by atomic mass is 9.98. The standard InChI is InChI=1S/C20H30N2O2/c1-15-13-17(21)11-12-22(15)20(23)10-9-16-5-4-8-19(14-16)24-18-6-2-3-7-18/h4-5,8,14-15,17-18H,2-3,6-7,9-13,21H2,1H3/t15-,17+/m1/s1. The first-order chi connectivity index (χ1) is 11.6. The van der Waals surface area contributed by atoms with Crippen molar-refractivity contribution in [1.82, 2.24) is 4.90 Å². The van der Waals surface area contributed by atoms with Gasteiger partial charge in [-0.25, -0.2) is 0 Å². The number of nitrogens with two attached hydrogens (primary N) is 1. The van der Waals surface area contributed by atoms with Crippen LogP contribution in [0, 0.1) is 0 Å². The van der Waals surface area contributed by atoms with Gasteiger partial charge in [0, 0.05) is 25.0 Å². The van der Waals surface area contributed by atoms with Gasteiger partial charge in [0.2, 0.25) is 5.91 Å². The average molecular weight is 330 g/mol. The molecule has 132 valence electrons. The molecular weight excluding hydrogens is 300 g/mol. The lowest BCUT2D eigenvalue weighted by Crippen LogP contribution is -2.48. The summed E-state index contributed by atoms with van der Waals surface area (Å²) in [6.45, 7) is 2.90. The lowest BCUT2D eigenvalue weighted by Gasteiger charge is -2.36. The largest absolute Gasteiger partial charge is 0.490 e. The average Bonchev–Trinajstić information content (AvgIpc) is 3.06. The monoisotopic (exact) mass is 330 g/mol. The fourth-order valence-corrected chi connectivity index (χ4v) is 3.95. The fourth-order valence-electron chi connectivity index (χ4n) is 3.95. The van der Waals surface area contributed by atoms with E-state index in [0.29, 0.717) is 12.5 Å². The predicted molar refractivity (Wildman–Crippen MR) is 96.0 cm³/mol. The van der Waals surface area contributed by atoms with Crippen LogP contribution in [0.4, 0.5) is 0 Å². The molecule has 0 spiro atoms. The summed E-state index contributed by atoms with van der Waals surface area (Å²) in [4.78, 5) is 14.5. The highest BCUT2D eigenvalue weighted by Crippen LogP contribution is 2.25. The quantitative estimate of drug-likeness (QED) is 0.901. The molecule has 1 amide bonds. The molecule has 4 nitrogen and oxygen atoms in total. The molecule has 0 bridgehead atoms. The summed E-state index contributed by atoms with van der Waals surface area (Å²) in [5.74, 6) is 1.20. The summed E-state index contributed by atoms with van der Waals surface area (Å²) in [6, 6.07) is 8.75. The second-order valence-corrected chi connectivity index (χ2v) is 7.39. The predicted octanol–water partition coefficient (Wildman–Crippen LogP) is 3.28. The minimum absolute atomic E-state index is 0.244. The maximum Gasteiger partial charge on any atom is 0.223 e. The third-order valence-corrected chi connectivity index (χ3v) is 5.37. The Kier molecular flexibility index (Phi) is 5.77. The number of benzene rings is 1. The Morgan fingerprint density at radius 2 is 2.08 bits per heavy atom. The molecule has 2 aliphatic rings. The first-order valence-corrected chi connectivity index (χ1v) is 9.42. The number of likely N-dealkylation sites (tertiary alicyclic amines) is 1. The maximum atomic E-state index is 12.5. The van der Waals surface area contributed by atoms with Crippen molar-refractivity contribution in [3.63, 3.8) is 0 Å². The van der Waals surface area contributed by atoms with Gasteiger partial charge in [-0.3, -0.25) is 4.79 Å². The van der Waals surface area contributed by atoms with Crippen molar-refractivity contribution in [2.45, 2.75) is 76.5 Å². The molecule has 1 aliphatic heterocycles. The first kappa shape index (κ1) is 17.3. The molecule has 0 unspecified atom stereocenters. The Labute approximate surface area is 145 Å². The van der Waals surface area contributed by atoms with Gasteiger partial charge < -0.3 is 15.4 Å². The molecular formula is C20H30N2O2. The van der Waals surface area contributed by atoms with Gasteiger partial charge in [-0.1, -0.05) is 12.1 Å². The van der Waals surface area contributed by atoms with Crippen LogP contribution in [-0.4, -0.2) is 35.5 Å². The SMILES string of the molecule is C[C@@H]1C[C@@H](N)CCN1C(=O)CCc1cccc(OC2CCCC2)c1. The van der Waals surface area contributed by atoms with Crippen LogP contribution in [-0.2, 0) is 11.2 Å². The Morgan fingerprint density at radius 3 is 2.83 bits per heavy atom. The molecule has 3 rings (SSSR count). The summed E-state index contributed by atoms with van der Waals surface area (Å²) >= 11 is 0. The van der Waals surface area contributed by atoms with Crippen LogP contribution >= 0.6 is 0 Å². The molecule has 1 heterocycles. The lowest BCUT2D eigenvalue weighted by molar-refractivity contribution is -0.134. The summed E-state index contributed by atoms with van der Waals surface area (Å²) in [5.41, 5.74) is 7.17. The minimum Gasteiger partial charge on any atom is -0.490 e. The number of aryl methyl sites for hydroxylation is 1. The summed E-state index contributed by atoms with van der Waals surface area (Å²) < 4.78 is 6.06. The second kappa shape index (κ2) is 8.02. The molecule has 2 fully saturated rings. The number of hydrogen-bond acceptors (Lipinski definition) is 3. The first-order valence-electron chi connectivity index (χ1n) is 9.42. The third-order valence-electron chi connectivity index (χ3n) is 5.37. The van der Waals surface area contributed by atoms with Gasteiger partial charge in [-0.05, 0) is 69.6 Å². The number of ether oxygens (including phenoxy) is 1. The van der Waals surface area contributed by atoms with Crippen molar-refractivity contribution in [2.24, 2.45) is 5.73 Å². The van der Waals surface area contributed by atoms with Crippen molar-refractivity contribution in [3.8, 4) is 5.75 Å². The van der Waals surface area contributed by atoms with Crippen LogP contribution in [0.2, 0.25) is 0 Å². The van der Waals surface area contributed by atoms with Crippen molar-refractivity contribution in [1.29, 1.82) is 0 Å². The molecule has 1 aliphatic carbocycles. The normalized spacial score (nSPS) is 25.0. The Morgan fingerprint density at radius 1 is 1.29 bits per heavy atom. The van der Waals surface area contributed by atoms with Crippen LogP contribution in [0.3, 0.4) is 0 Å². The van der Waals surface area contributed by atoms with Crippen molar-refractivity contribution in [2.75, 3.05) is 6.54 Å². The molecule has 4 heteroatoms. The van der Waals surface area contributed by atoms with Gasteiger partial charge in [0.25, 0.3) is 0 Å². The van der Waals surface area contributed by atoms with Gasteiger partial charge in [0.05, 0.1) is 6.10 Å². The van der Waals surface area contributed by atoms with Gasteiger partial charge in [-0.15, -0.1) is 0 Å². The number of rotatable bonds is 5. The number of hydrogen-bond donors (Lipinski definition) is 1. The molecule has 0 radical (unpaired) electrons. The van der Waals surface area contributed by atoms with Gasteiger partial charge >= 0.3 is 0 Å². The zero-order chi connectivity index (χ0) is 16.9. The Hall–Kier alpha value is -1.55. The smallest absolute Gasteiger partial charge is 0.223 e. The van der Waals surface area contributed by atoms with Crippen molar-refractivity contribution in [3.05, 3.63) is 29.8 Å². The molecule has 24 heavy (non-hydrogen) atoms. The van der Waals surface area contributed by atoms with E-state index in [-0.39, 0.29) is 18.0 Å². The van der Waals surface area contributed by atoms with Crippen LogP contribution in [0.25, 0.3) is 0 Å². The summed E-state index contributed by atoms with van der Waals surface area (Å²) in [7, 11) is 0.